The number of rotatable bonds is 9. The second kappa shape index (κ2) is 12.6. The van der Waals surface area contributed by atoms with Crippen LogP contribution in [0, 0.1) is 11.3 Å². The summed E-state index contributed by atoms with van der Waals surface area (Å²) in [6.45, 7) is 13.7. The van der Waals surface area contributed by atoms with Crippen LogP contribution >= 0.6 is 15.9 Å². The van der Waals surface area contributed by atoms with Crippen molar-refractivity contribution >= 4 is 49.9 Å². The van der Waals surface area contributed by atoms with Crippen molar-refractivity contribution in [3.63, 3.8) is 0 Å². The average Bonchev–Trinajstić information content (AvgIpc) is 3.44. The lowest BCUT2D eigenvalue weighted by molar-refractivity contribution is -0.148. The van der Waals surface area contributed by atoms with E-state index < -0.39 is 68.7 Å². The van der Waals surface area contributed by atoms with Gasteiger partial charge in [-0.3, -0.25) is 13.8 Å². The molecule has 2 fully saturated rings. The molecular weight excluding hydrogens is 646 g/mol. The Bertz CT molecular complexity index is 1370. The number of ether oxygens (including phenoxy) is 2. The van der Waals surface area contributed by atoms with Crippen LogP contribution in [-0.4, -0.2) is 80.2 Å². The van der Waals surface area contributed by atoms with Crippen LogP contribution < -0.4 is 10.6 Å². The van der Waals surface area contributed by atoms with Gasteiger partial charge in [0.05, 0.1) is 18.1 Å². The molecule has 2 aliphatic rings. The van der Waals surface area contributed by atoms with Gasteiger partial charge in [0.1, 0.15) is 23.2 Å². The van der Waals surface area contributed by atoms with Crippen LogP contribution in [0.4, 0.5) is 4.79 Å². The van der Waals surface area contributed by atoms with Gasteiger partial charge in [0.15, 0.2) is 0 Å². The summed E-state index contributed by atoms with van der Waals surface area (Å²) >= 11 is 3.26. The van der Waals surface area contributed by atoms with Crippen LogP contribution in [0.5, 0.6) is 0 Å². The largest absolute Gasteiger partial charge is 0.467 e. The van der Waals surface area contributed by atoms with Gasteiger partial charge in [0, 0.05) is 23.4 Å². The molecule has 1 aromatic carbocycles. The highest BCUT2D eigenvalue weighted by Crippen LogP contribution is 2.45. The van der Waals surface area contributed by atoms with Crippen molar-refractivity contribution in [3.05, 3.63) is 41.4 Å². The first-order chi connectivity index (χ1) is 19.7. The number of likely N-dealkylation sites (tertiary alicyclic amines) is 1. The fourth-order valence-electron chi connectivity index (χ4n) is 4.92. The number of hydrogen-bond acceptors (Lipinski definition) is 9. The van der Waals surface area contributed by atoms with E-state index in [0.717, 1.165) is 0 Å². The molecule has 3 rings (SSSR count). The van der Waals surface area contributed by atoms with Gasteiger partial charge in [0.2, 0.25) is 11.8 Å². The predicted octanol–water partition coefficient (Wildman–Crippen LogP) is 3.30. The number of amides is 3. The lowest BCUT2D eigenvalue weighted by atomic mass is 9.85. The number of nitrogens with one attached hydrogen (secondary N) is 2. The summed E-state index contributed by atoms with van der Waals surface area (Å²) in [6.07, 6.45) is -0.321. The molecule has 1 heterocycles. The van der Waals surface area contributed by atoms with Gasteiger partial charge in [-0.15, -0.1) is 6.58 Å². The molecule has 1 aromatic rings. The van der Waals surface area contributed by atoms with Crippen LogP contribution in [0.3, 0.4) is 0 Å². The minimum atomic E-state index is -4.27. The normalized spacial score (nSPS) is 24.5. The van der Waals surface area contributed by atoms with Gasteiger partial charge >= 0.3 is 12.1 Å². The monoisotopic (exact) mass is 685 g/mol. The minimum Gasteiger partial charge on any atom is -0.467 e. The smallest absolute Gasteiger partial charge is 0.408 e. The molecule has 1 saturated heterocycles. The number of carbonyl (C=O) groups is 4. The zero-order valence-corrected chi connectivity index (χ0v) is 27.8. The van der Waals surface area contributed by atoms with Crippen molar-refractivity contribution in [3.8, 4) is 0 Å². The number of alkyl carbamates (subject to hydrolysis) is 1. The Kier molecular flexibility index (Phi) is 10.1. The highest BCUT2D eigenvalue weighted by molar-refractivity contribution is 9.10. The molecule has 14 heteroatoms. The predicted molar refractivity (Wildman–Crippen MR) is 160 cm³/mol. The van der Waals surface area contributed by atoms with Crippen LogP contribution in [0.15, 0.2) is 46.3 Å². The van der Waals surface area contributed by atoms with Crippen molar-refractivity contribution in [2.24, 2.45) is 11.3 Å². The van der Waals surface area contributed by atoms with Crippen molar-refractivity contribution in [2.45, 2.75) is 88.6 Å². The van der Waals surface area contributed by atoms with Gasteiger partial charge in [-0.2, -0.15) is 8.42 Å². The van der Waals surface area contributed by atoms with Gasteiger partial charge in [-0.25, -0.2) is 9.59 Å². The third-order valence-corrected chi connectivity index (χ3v) is 9.09. The molecular formula is C29H40BrN3O9S. The van der Waals surface area contributed by atoms with E-state index in [1.807, 2.05) is 0 Å². The van der Waals surface area contributed by atoms with E-state index in [9.17, 15) is 27.6 Å². The first-order valence-corrected chi connectivity index (χ1v) is 16.0. The lowest BCUT2D eigenvalue weighted by Gasteiger charge is -2.36. The first kappa shape index (κ1) is 34.5. The van der Waals surface area contributed by atoms with Crippen molar-refractivity contribution in [2.75, 3.05) is 13.7 Å². The lowest BCUT2D eigenvalue weighted by Crippen LogP contribution is -2.59. The molecule has 238 valence electrons. The maximum Gasteiger partial charge on any atom is 0.408 e. The highest BCUT2D eigenvalue weighted by atomic mass is 79.9. The topological polar surface area (TPSA) is 157 Å². The van der Waals surface area contributed by atoms with Gasteiger partial charge < -0.3 is 25.0 Å². The van der Waals surface area contributed by atoms with Crippen molar-refractivity contribution in [1.29, 1.82) is 0 Å². The maximum absolute atomic E-state index is 14.1. The third-order valence-electron chi connectivity index (χ3n) is 7.18. The van der Waals surface area contributed by atoms with Crippen LogP contribution in [-0.2, 0) is 38.2 Å². The molecule has 0 radical (unpaired) electrons. The molecule has 3 amide bonds. The average molecular weight is 687 g/mol. The minimum absolute atomic E-state index is 0.0999. The van der Waals surface area contributed by atoms with E-state index >= 15 is 0 Å². The number of esters is 1. The first-order valence-electron chi connectivity index (χ1n) is 13.8. The quantitative estimate of drug-likeness (QED) is 0.226. The number of benzene rings is 1. The molecule has 2 N–H and O–H groups in total. The van der Waals surface area contributed by atoms with Gasteiger partial charge in [0.25, 0.3) is 10.1 Å². The number of methoxy groups -OCH3 is 1. The Labute approximate surface area is 261 Å². The summed E-state index contributed by atoms with van der Waals surface area (Å²) in [5.41, 5.74) is -3.02. The molecule has 43 heavy (non-hydrogen) atoms. The summed E-state index contributed by atoms with van der Waals surface area (Å²) in [5, 5.41) is 5.33. The number of carbonyl (C=O) groups excluding carboxylic acids is 4. The molecule has 0 spiro atoms. The Morgan fingerprint density at radius 2 is 1.72 bits per heavy atom. The van der Waals surface area contributed by atoms with E-state index in [1.165, 1.54) is 30.2 Å². The standard InChI is InChI=1S/C29H40BrN3O9S/c1-9-17-15-29(17,25(36)40-8)32-23(34)21-14-19(42-43(38,39)20-12-10-18(30)11-13-20)16-33(21)24(35)22(27(2,3)4)31-26(37)41-28(5,6)7/h9-13,17,19,21-22H,1,14-16H2,2-8H3,(H,31,37)(H,32,34)/t17-,19+,21+,22-,29-/m1/s1. The zero-order valence-electron chi connectivity index (χ0n) is 25.4. The zero-order chi connectivity index (χ0) is 32.5. The molecule has 1 aliphatic heterocycles. The Balaban J connectivity index is 1.94. The summed E-state index contributed by atoms with van der Waals surface area (Å²) in [6, 6.07) is 3.44. The van der Waals surface area contributed by atoms with E-state index in [-0.39, 0.29) is 30.2 Å². The SMILES string of the molecule is C=C[C@@H]1C[C@]1(NC(=O)[C@@H]1C[C@H](OS(=O)(=O)c2ccc(Br)cc2)CN1C(=O)[C@@H](NC(=O)OC(C)(C)C)C(C)(C)C)C(=O)OC. The van der Waals surface area contributed by atoms with Gasteiger partial charge in [-0.05, 0) is 56.9 Å². The molecule has 1 saturated carbocycles. The van der Waals surface area contributed by atoms with Crippen molar-refractivity contribution in [1.82, 2.24) is 15.5 Å². The molecule has 0 unspecified atom stereocenters. The fraction of sp³-hybridized carbons (Fsp3) is 0.586. The Morgan fingerprint density at radius 1 is 1.12 bits per heavy atom. The summed E-state index contributed by atoms with van der Waals surface area (Å²) in [4.78, 5) is 54.2. The third kappa shape index (κ3) is 8.15. The van der Waals surface area contributed by atoms with Crippen LogP contribution in [0.2, 0.25) is 0 Å². The van der Waals surface area contributed by atoms with Gasteiger partial charge in [-0.1, -0.05) is 42.8 Å². The highest BCUT2D eigenvalue weighted by Gasteiger charge is 2.62. The van der Waals surface area contributed by atoms with E-state index in [4.69, 9.17) is 13.7 Å². The Morgan fingerprint density at radius 3 is 2.21 bits per heavy atom. The van der Waals surface area contributed by atoms with Crippen LogP contribution in [0.1, 0.15) is 54.4 Å². The summed E-state index contributed by atoms with van der Waals surface area (Å²) < 4.78 is 42.6. The molecule has 5 atom stereocenters. The maximum atomic E-state index is 14.1. The second-order valence-electron chi connectivity index (χ2n) is 12.8. The number of hydrogen-bond donors (Lipinski definition) is 2. The summed E-state index contributed by atoms with van der Waals surface area (Å²) in [5.74, 6) is -2.38. The number of nitrogens with zero attached hydrogens (tertiary/aromatic N) is 1. The molecule has 12 nitrogen and oxygen atoms in total. The van der Waals surface area contributed by atoms with E-state index in [1.54, 1.807) is 53.7 Å². The molecule has 0 aromatic heterocycles. The number of halogens is 1. The van der Waals surface area contributed by atoms with Crippen molar-refractivity contribution < 1.29 is 41.3 Å². The van der Waals surface area contributed by atoms with E-state index in [0.29, 0.717) is 4.47 Å². The fourth-order valence-corrected chi connectivity index (χ4v) is 6.26. The second-order valence-corrected chi connectivity index (χ2v) is 15.3. The van der Waals surface area contributed by atoms with Crippen LogP contribution in [0.25, 0.3) is 0 Å². The summed E-state index contributed by atoms with van der Waals surface area (Å²) in [7, 11) is -3.07. The Hall–Kier alpha value is -2.97. The van der Waals surface area contributed by atoms with E-state index in [2.05, 4.69) is 33.1 Å². The molecule has 0 bridgehead atoms. The molecule has 1 aliphatic carbocycles.